The summed E-state index contributed by atoms with van der Waals surface area (Å²) in [6, 6.07) is 10.5. The lowest BCUT2D eigenvalue weighted by Crippen LogP contribution is -2.23. The Morgan fingerprint density at radius 2 is 1.78 bits per heavy atom. The van der Waals surface area contributed by atoms with Gasteiger partial charge in [0.05, 0.1) is 27.7 Å². The molecule has 0 heterocycles. The first-order valence-corrected chi connectivity index (χ1v) is 8.85. The molecule has 8 heteroatoms. The van der Waals surface area contributed by atoms with Gasteiger partial charge in [0.25, 0.3) is 0 Å². The Labute approximate surface area is 144 Å². The monoisotopic (exact) mass is 373 g/mol. The molecule has 1 amide bonds. The van der Waals surface area contributed by atoms with E-state index >= 15 is 0 Å². The van der Waals surface area contributed by atoms with Crippen LogP contribution in [0.25, 0.3) is 0 Å². The van der Waals surface area contributed by atoms with Crippen LogP contribution in [0.3, 0.4) is 0 Å². The van der Waals surface area contributed by atoms with Crippen molar-refractivity contribution < 1.29 is 17.9 Å². The average molecular weight is 374 g/mol. The third-order valence-electron chi connectivity index (χ3n) is 2.97. The number of amides is 1. The van der Waals surface area contributed by atoms with E-state index in [2.05, 4.69) is 5.32 Å². The molecule has 0 radical (unpaired) electrons. The highest BCUT2D eigenvalue weighted by Gasteiger charge is 2.20. The molecule has 0 aromatic heterocycles. The van der Waals surface area contributed by atoms with Gasteiger partial charge in [-0.15, -0.1) is 0 Å². The van der Waals surface area contributed by atoms with Gasteiger partial charge in [0, 0.05) is 0 Å². The Balaban J connectivity index is 2.13. The molecule has 0 atom stereocenters. The van der Waals surface area contributed by atoms with Gasteiger partial charge in [0.1, 0.15) is 11.5 Å². The number of sulfone groups is 1. The molecule has 0 aliphatic rings. The number of anilines is 1. The molecular formula is C15H13Cl2NO4S. The highest BCUT2D eigenvalue weighted by Crippen LogP contribution is 2.29. The van der Waals surface area contributed by atoms with Crippen molar-refractivity contribution in [3.8, 4) is 5.75 Å². The summed E-state index contributed by atoms with van der Waals surface area (Å²) in [5.41, 5.74) is 0.258. The van der Waals surface area contributed by atoms with Crippen molar-refractivity contribution >= 4 is 44.6 Å². The van der Waals surface area contributed by atoms with Gasteiger partial charge < -0.3 is 10.1 Å². The minimum Gasteiger partial charge on any atom is -0.497 e. The van der Waals surface area contributed by atoms with E-state index in [-0.39, 0.29) is 20.6 Å². The van der Waals surface area contributed by atoms with E-state index in [1.54, 1.807) is 12.1 Å². The van der Waals surface area contributed by atoms with Crippen LogP contribution in [0.15, 0.2) is 47.4 Å². The predicted molar refractivity (Wildman–Crippen MR) is 90.1 cm³/mol. The molecule has 2 aromatic carbocycles. The number of nitrogens with one attached hydrogen (secondary N) is 1. The van der Waals surface area contributed by atoms with E-state index in [0.717, 1.165) is 0 Å². The van der Waals surface area contributed by atoms with Gasteiger partial charge >= 0.3 is 0 Å². The summed E-state index contributed by atoms with van der Waals surface area (Å²) in [5.74, 6) is -0.883. The fourth-order valence-corrected chi connectivity index (χ4v) is 3.31. The molecule has 0 unspecified atom stereocenters. The third kappa shape index (κ3) is 4.37. The van der Waals surface area contributed by atoms with Gasteiger partial charge in [-0.25, -0.2) is 8.42 Å². The van der Waals surface area contributed by atoms with E-state index in [4.69, 9.17) is 27.9 Å². The Hall–Kier alpha value is -1.76. The van der Waals surface area contributed by atoms with Gasteiger partial charge in [-0.2, -0.15) is 0 Å². The number of carbonyl (C=O) groups is 1. The van der Waals surface area contributed by atoms with E-state index in [1.807, 2.05) is 0 Å². The van der Waals surface area contributed by atoms with Crippen LogP contribution in [-0.2, 0) is 14.6 Å². The molecule has 2 rings (SSSR count). The minimum atomic E-state index is -3.77. The molecule has 1 N–H and O–H groups in total. The van der Waals surface area contributed by atoms with Gasteiger partial charge in [0.15, 0.2) is 9.84 Å². The van der Waals surface area contributed by atoms with E-state index < -0.39 is 21.5 Å². The number of rotatable bonds is 5. The fraction of sp³-hybridized carbons (Fsp3) is 0.133. The van der Waals surface area contributed by atoms with Gasteiger partial charge in [0.2, 0.25) is 5.91 Å². The summed E-state index contributed by atoms with van der Waals surface area (Å²) < 4.78 is 29.4. The van der Waals surface area contributed by atoms with Crippen molar-refractivity contribution in [2.45, 2.75) is 4.90 Å². The quantitative estimate of drug-likeness (QED) is 0.871. The maximum absolute atomic E-state index is 12.2. The minimum absolute atomic E-state index is 0.0330. The molecule has 0 spiro atoms. The second-order valence-electron chi connectivity index (χ2n) is 4.58. The molecule has 0 saturated carbocycles. The number of hydrogen-bond acceptors (Lipinski definition) is 4. The fourth-order valence-electron chi connectivity index (χ4n) is 1.83. The molecule has 23 heavy (non-hydrogen) atoms. The maximum atomic E-state index is 12.2. The Morgan fingerprint density at radius 3 is 2.39 bits per heavy atom. The standard InChI is InChI=1S/C15H13Cl2NO4S/c1-22-10-5-7-11(8-6-10)23(20,21)9-14(19)18-13-4-2-3-12(16)15(13)17/h2-8H,9H2,1H3,(H,18,19). The van der Waals surface area contributed by atoms with Crippen molar-refractivity contribution in [3.05, 3.63) is 52.5 Å². The van der Waals surface area contributed by atoms with Crippen molar-refractivity contribution in [2.75, 3.05) is 18.2 Å². The molecule has 0 bridgehead atoms. The Bertz CT molecular complexity index is 820. The largest absolute Gasteiger partial charge is 0.497 e. The van der Waals surface area contributed by atoms with Crippen molar-refractivity contribution in [3.63, 3.8) is 0 Å². The van der Waals surface area contributed by atoms with Crippen LogP contribution in [0.2, 0.25) is 10.0 Å². The number of methoxy groups -OCH3 is 1. The highest BCUT2D eigenvalue weighted by atomic mass is 35.5. The summed E-state index contributed by atoms with van der Waals surface area (Å²) in [6.07, 6.45) is 0. The summed E-state index contributed by atoms with van der Waals surface area (Å²) in [6.45, 7) is 0. The zero-order valence-electron chi connectivity index (χ0n) is 12.0. The summed E-state index contributed by atoms with van der Waals surface area (Å²) in [5, 5.41) is 2.86. The number of benzene rings is 2. The molecule has 5 nitrogen and oxygen atoms in total. The van der Waals surface area contributed by atoms with Crippen molar-refractivity contribution in [1.29, 1.82) is 0 Å². The van der Waals surface area contributed by atoms with Crippen molar-refractivity contribution in [1.82, 2.24) is 0 Å². The smallest absolute Gasteiger partial charge is 0.240 e. The summed E-state index contributed by atoms with van der Waals surface area (Å²) in [4.78, 5) is 12.0. The second kappa shape index (κ2) is 7.21. The third-order valence-corrected chi connectivity index (χ3v) is 5.42. The van der Waals surface area contributed by atoms with Crippen LogP contribution in [0.4, 0.5) is 5.69 Å². The predicted octanol–water partition coefficient (Wildman–Crippen LogP) is 3.41. The first-order valence-electron chi connectivity index (χ1n) is 6.44. The SMILES string of the molecule is COc1ccc(S(=O)(=O)CC(=O)Nc2cccc(Cl)c2Cl)cc1. The Morgan fingerprint density at radius 1 is 1.13 bits per heavy atom. The lowest BCUT2D eigenvalue weighted by atomic mass is 10.3. The van der Waals surface area contributed by atoms with Crippen LogP contribution in [0.1, 0.15) is 0 Å². The molecule has 0 saturated heterocycles. The molecule has 0 aliphatic heterocycles. The molecule has 0 aliphatic carbocycles. The second-order valence-corrected chi connectivity index (χ2v) is 7.36. The highest BCUT2D eigenvalue weighted by molar-refractivity contribution is 7.92. The maximum Gasteiger partial charge on any atom is 0.240 e. The van der Waals surface area contributed by atoms with Crippen LogP contribution in [0, 0.1) is 0 Å². The number of halogens is 2. The normalized spacial score (nSPS) is 11.1. The molecular weight excluding hydrogens is 361 g/mol. The van der Waals surface area contributed by atoms with E-state index in [1.165, 1.54) is 37.4 Å². The topological polar surface area (TPSA) is 72.5 Å². The Kier molecular flexibility index (Phi) is 5.51. The van der Waals surface area contributed by atoms with Crippen LogP contribution in [0.5, 0.6) is 5.75 Å². The van der Waals surface area contributed by atoms with E-state index in [9.17, 15) is 13.2 Å². The van der Waals surface area contributed by atoms with Crippen molar-refractivity contribution in [2.24, 2.45) is 0 Å². The summed E-state index contributed by atoms with van der Waals surface area (Å²) >= 11 is 11.8. The first kappa shape index (κ1) is 17.6. The van der Waals surface area contributed by atoms with Gasteiger partial charge in [-0.1, -0.05) is 29.3 Å². The lowest BCUT2D eigenvalue weighted by molar-refractivity contribution is -0.113. The van der Waals surface area contributed by atoms with Crippen LogP contribution < -0.4 is 10.1 Å². The summed E-state index contributed by atoms with van der Waals surface area (Å²) in [7, 11) is -2.29. The lowest BCUT2D eigenvalue weighted by Gasteiger charge is -2.09. The number of hydrogen-bond donors (Lipinski definition) is 1. The van der Waals surface area contributed by atoms with Gasteiger partial charge in [-0.3, -0.25) is 4.79 Å². The average Bonchev–Trinajstić information content (AvgIpc) is 2.51. The zero-order valence-corrected chi connectivity index (χ0v) is 14.4. The number of carbonyl (C=O) groups excluding carboxylic acids is 1. The van der Waals surface area contributed by atoms with Crippen LogP contribution >= 0.6 is 23.2 Å². The number of ether oxygens (including phenoxy) is 1. The van der Waals surface area contributed by atoms with Gasteiger partial charge in [-0.05, 0) is 36.4 Å². The van der Waals surface area contributed by atoms with Crippen LogP contribution in [-0.4, -0.2) is 27.2 Å². The zero-order chi connectivity index (χ0) is 17.0. The molecule has 0 fully saturated rings. The molecule has 122 valence electrons. The molecule has 2 aromatic rings. The first-order chi connectivity index (χ1) is 10.8. The van der Waals surface area contributed by atoms with E-state index in [0.29, 0.717) is 5.75 Å².